The summed E-state index contributed by atoms with van der Waals surface area (Å²) in [6.45, 7) is 6.95. The third-order valence-corrected chi connectivity index (χ3v) is 5.21. The highest BCUT2D eigenvalue weighted by atomic mass is 31.0. The standard InChI is InChI=1S/C22H47P/c1-4-5-6-7-8-9-10-11-12-13-14-15-16-17-18-19-20-21-22(2,3)23/h4-21,23H2,1-3H3. The van der Waals surface area contributed by atoms with Crippen LogP contribution >= 0.6 is 9.24 Å². The molecule has 0 N–H and O–H groups in total. The second-order valence-electron chi connectivity index (χ2n) is 8.40. The molecule has 1 atom stereocenters. The lowest BCUT2D eigenvalue weighted by atomic mass is 10.0. The zero-order chi connectivity index (χ0) is 17.2. The highest BCUT2D eigenvalue weighted by molar-refractivity contribution is 7.18. The third-order valence-electron chi connectivity index (χ3n) is 4.92. The van der Waals surface area contributed by atoms with E-state index >= 15 is 0 Å². The first-order valence-electron chi connectivity index (χ1n) is 10.8. The van der Waals surface area contributed by atoms with Crippen LogP contribution in [0.1, 0.15) is 136 Å². The topological polar surface area (TPSA) is 0 Å². The molecule has 0 aliphatic rings. The molecule has 0 rings (SSSR count). The van der Waals surface area contributed by atoms with Gasteiger partial charge in [0, 0.05) is 0 Å². The lowest BCUT2D eigenvalue weighted by Gasteiger charge is -2.17. The summed E-state index contributed by atoms with van der Waals surface area (Å²) in [5, 5.41) is 0.454. The molecular weight excluding hydrogens is 295 g/mol. The van der Waals surface area contributed by atoms with Crippen LogP contribution in [0, 0.1) is 0 Å². The first-order chi connectivity index (χ1) is 11.1. The molecule has 0 aromatic rings. The zero-order valence-electron chi connectivity index (χ0n) is 16.8. The Morgan fingerprint density at radius 3 is 1.00 bits per heavy atom. The molecule has 0 radical (unpaired) electrons. The van der Waals surface area contributed by atoms with E-state index in [0.29, 0.717) is 5.16 Å². The van der Waals surface area contributed by atoms with E-state index in [1.165, 1.54) is 116 Å². The molecule has 1 unspecified atom stereocenters. The molecule has 0 aromatic carbocycles. The molecule has 0 spiro atoms. The van der Waals surface area contributed by atoms with Crippen molar-refractivity contribution in [1.82, 2.24) is 0 Å². The second kappa shape index (κ2) is 17.3. The van der Waals surface area contributed by atoms with Crippen LogP contribution in [0.15, 0.2) is 0 Å². The highest BCUT2D eigenvalue weighted by Crippen LogP contribution is 2.24. The van der Waals surface area contributed by atoms with Gasteiger partial charge in [-0.25, -0.2) is 0 Å². The van der Waals surface area contributed by atoms with E-state index in [0.717, 1.165) is 0 Å². The quantitative estimate of drug-likeness (QED) is 0.173. The van der Waals surface area contributed by atoms with Gasteiger partial charge >= 0.3 is 0 Å². The fourth-order valence-electron chi connectivity index (χ4n) is 3.31. The summed E-state index contributed by atoms with van der Waals surface area (Å²) < 4.78 is 0. The van der Waals surface area contributed by atoms with Crippen LogP contribution in [0.4, 0.5) is 0 Å². The SMILES string of the molecule is CCCCCCCCCCCCCCCCCCCC(C)(C)P. The van der Waals surface area contributed by atoms with Gasteiger partial charge in [-0.1, -0.05) is 130 Å². The van der Waals surface area contributed by atoms with Crippen LogP contribution in [-0.2, 0) is 0 Å². The molecule has 0 aliphatic heterocycles. The van der Waals surface area contributed by atoms with Gasteiger partial charge in [-0.15, -0.1) is 9.24 Å². The van der Waals surface area contributed by atoms with Crippen molar-refractivity contribution >= 4 is 9.24 Å². The minimum Gasteiger partial charge on any atom is -0.132 e. The number of hydrogen-bond acceptors (Lipinski definition) is 0. The Morgan fingerprint density at radius 2 is 0.739 bits per heavy atom. The van der Waals surface area contributed by atoms with Gasteiger partial charge in [-0.05, 0) is 11.6 Å². The average molecular weight is 343 g/mol. The monoisotopic (exact) mass is 342 g/mol. The van der Waals surface area contributed by atoms with Crippen molar-refractivity contribution in [3.63, 3.8) is 0 Å². The number of rotatable bonds is 18. The highest BCUT2D eigenvalue weighted by Gasteiger charge is 2.08. The zero-order valence-corrected chi connectivity index (χ0v) is 18.0. The van der Waals surface area contributed by atoms with Gasteiger partial charge in [0.1, 0.15) is 0 Å². The van der Waals surface area contributed by atoms with Crippen LogP contribution in [-0.4, -0.2) is 5.16 Å². The van der Waals surface area contributed by atoms with Gasteiger partial charge in [-0.3, -0.25) is 0 Å². The molecule has 0 bridgehead atoms. The Kier molecular flexibility index (Phi) is 17.6. The Labute approximate surface area is 151 Å². The van der Waals surface area contributed by atoms with Gasteiger partial charge in [-0.2, -0.15) is 0 Å². The predicted octanol–water partition coefficient (Wildman–Crippen LogP) is 8.68. The maximum absolute atomic E-state index is 2.97. The van der Waals surface area contributed by atoms with Gasteiger partial charge in [0.15, 0.2) is 0 Å². The lowest BCUT2D eigenvalue weighted by molar-refractivity contribution is 0.515. The maximum atomic E-state index is 2.97. The minimum atomic E-state index is 0.454. The molecule has 0 saturated heterocycles. The summed E-state index contributed by atoms with van der Waals surface area (Å²) in [7, 11) is 2.97. The molecule has 140 valence electrons. The minimum absolute atomic E-state index is 0.454. The van der Waals surface area contributed by atoms with Gasteiger partial charge in [0.2, 0.25) is 0 Å². The maximum Gasteiger partial charge on any atom is -0.0207 e. The fraction of sp³-hybridized carbons (Fsp3) is 1.00. The third kappa shape index (κ3) is 22.4. The second-order valence-corrected chi connectivity index (χ2v) is 9.96. The summed E-state index contributed by atoms with van der Waals surface area (Å²) in [5.41, 5.74) is 0. The summed E-state index contributed by atoms with van der Waals surface area (Å²) >= 11 is 0. The van der Waals surface area contributed by atoms with Gasteiger partial charge in [0.25, 0.3) is 0 Å². The van der Waals surface area contributed by atoms with Gasteiger partial charge in [0.05, 0.1) is 0 Å². The molecule has 0 heterocycles. The molecule has 0 saturated carbocycles. The van der Waals surface area contributed by atoms with E-state index in [2.05, 4.69) is 30.0 Å². The fourth-order valence-corrected chi connectivity index (χ4v) is 3.51. The van der Waals surface area contributed by atoms with E-state index in [1.54, 1.807) is 0 Å². The van der Waals surface area contributed by atoms with Crippen molar-refractivity contribution in [2.45, 2.75) is 142 Å². The Balaban J connectivity index is 3.00. The first-order valence-corrected chi connectivity index (χ1v) is 11.4. The molecule has 1 heteroatoms. The average Bonchev–Trinajstić information content (AvgIpc) is 2.49. The Morgan fingerprint density at radius 1 is 0.478 bits per heavy atom. The van der Waals surface area contributed by atoms with Crippen LogP contribution in [0.3, 0.4) is 0 Å². The number of unbranched alkanes of at least 4 members (excludes halogenated alkanes) is 16. The normalized spacial score (nSPS) is 12.0. The van der Waals surface area contributed by atoms with E-state index in [-0.39, 0.29) is 0 Å². The van der Waals surface area contributed by atoms with Crippen molar-refractivity contribution < 1.29 is 0 Å². The van der Waals surface area contributed by atoms with Crippen molar-refractivity contribution in [2.24, 2.45) is 0 Å². The van der Waals surface area contributed by atoms with E-state index in [1.807, 2.05) is 0 Å². The van der Waals surface area contributed by atoms with E-state index in [9.17, 15) is 0 Å². The lowest BCUT2D eigenvalue weighted by Crippen LogP contribution is -2.07. The summed E-state index contributed by atoms with van der Waals surface area (Å²) in [5.74, 6) is 0. The Bertz CT molecular complexity index is 217. The molecule has 23 heavy (non-hydrogen) atoms. The van der Waals surface area contributed by atoms with Crippen molar-refractivity contribution in [3.05, 3.63) is 0 Å². The van der Waals surface area contributed by atoms with Crippen molar-refractivity contribution in [1.29, 1.82) is 0 Å². The van der Waals surface area contributed by atoms with E-state index in [4.69, 9.17) is 0 Å². The molecule has 0 amide bonds. The summed E-state index contributed by atoms with van der Waals surface area (Å²) in [6, 6.07) is 0. The van der Waals surface area contributed by atoms with Crippen LogP contribution in [0.2, 0.25) is 0 Å². The van der Waals surface area contributed by atoms with Crippen LogP contribution in [0.25, 0.3) is 0 Å². The molecule has 0 aromatic heterocycles. The first kappa shape index (κ1) is 23.4. The number of hydrogen-bond donors (Lipinski definition) is 0. The van der Waals surface area contributed by atoms with Crippen molar-refractivity contribution in [3.8, 4) is 0 Å². The van der Waals surface area contributed by atoms with E-state index < -0.39 is 0 Å². The summed E-state index contributed by atoms with van der Waals surface area (Å²) in [4.78, 5) is 0. The summed E-state index contributed by atoms with van der Waals surface area (Å²) in [6.07, 6.45) is 26.2. The molecular formula is C22H47P. The molecule has 0 aliphatic carbocycles. The molecule has 0 nitrogen and oxygen atoms in total. The van der Waals surface area contributed by atoms with Gasteiger partial charge < -0.3 is 0 Å². The predicted molar refractivity (Wildman–Crippen MR) is 113 cm³/mol. The largest absolute Gasteiger partial charge is 0.132 e. The van der Waals surface area contributed by atoms with Crippen molar-refractivity contribution in [2.75, 3.05) is 0 Å². The van der Waals surface area contributed by atoms with Crippen LogP contribution < -0.4 is 0 Å². The van der Waals surface area contributed by atoms with Crippen LogP contribution in [0.5, 0.6) is 0 Å². The Hall–Kier alpha value is 0.430. The molecule has 0 fully saturated rings. The smallest absolute Gasteiger partial charge is 0.0207 e.